The van der Waals surface area contributed by atoms with Gasteiger partial charge < -0.3 is 15.0 Å². The van der Waals surface area contributed by atoms with E-state index in [4.69, 9.17) is 4.74 Å². The van der Waals surface area contributed by atoms with E-state index in [0.717, 1.165) is 24.5 Å². The summed E-state index contributed by atoms with van der Waals surface area (Å²) in [5.74, 6) is -2.34. The minimum absolute atomic E-state index is 0.177. The maximum Gasteiger partial charge on any atom is 0.262 e. The molecular formula is C16H22F2N4O2. The van der Waals surface area contributed by atoms with E-state index in [9.17, 15) is 13.6 Å². The van der Waals surface area contributed by atoms with Gasteiger partial charge in [-0.3, -0.25) is 10.1 Å². The molecule has 0 bridgehead atoms. The Morgan fingerprint density at radius 3 is 3.00 bits per heavy atom. The van der Waals surface area contributed by atoms with Crippen molar-refractivity contribution in [3.05, 3.63) is 23.9 Å². The number of aromatic nitrogens is 1. The highest BCUT2D eigenvalue weighted by Gasteiger charge is 2.42. The molecule has 8 heteroatoms. The summed E-state index contributed by atoms with van der Waals surface area (Å²) in [6.45, 7) is 4.13. The van der Waals surface area contributed by atoms with Crippen molar-refractivity contribution in [1.82, 2.24) is 15.6 Å². The van der Waals surface area contributed by atoms with Gasteiger partial charge in [-0.25, -0.2) is 13.8 Å². The fraction of sp³-hybridized carbons (Fsp3) is 0.625. The highest BCUT2D eigenvalue weighted by Crippen LogP contribution is 2.25. The number of hydrogen-bond donors (Lipinski definition) is 2. The van der Waals surface area contributed by atoms with Crippen molar-refractivity contribution in [3.63, 3.8) is 0 Å². The van der Waals surface area contributed by atoms with Gasteiger partial charge in [-0.05, 0) is 18.6 Å². The number of alkyl halides is 2. The summed E-state index contributed by atoms with van der Waals surface area (Å²) in [6, 6.07) is 2.96. The molecule has 3 rings (SSSR count). The number of hydrogen-bond acceptors (Lipinski definition) is 5. The lowest BCUT2D eigenvalue weighted by atomic mass is 10.2. The number of halogens is 2. The molecule has 2 unspecified atom stereocenters. The van der Waals surface area contributed by atoms with E-state index in [1.54, 1.807) is 6.20 Å². The molecule has 24 heavy (non-hydrogen) atoms. The zero-order valence-corrected chi connectivity index (χ0v) is 13.6. The van der Waals surface area contributed by atoms with Crippen LogP contribution >= 0.6 is 0 Å². The Balaban J connectivity index is 1.50. The number of amides is 1. The third-order valence-electron chi connectivity index (χ3n) is 4.27. The van der Waals surface area contributed by atoms with Crippen molar-refractivity contribution in [3.8, 4) is 0 Å². The largest absolute Gasteiger partial charge is 0.375 e. The monoisotopic (exact) mass is 340 g/mol. The molecule has 0 spiro atoms. The first-order valence-electron chi connectivity index (χ1n) is 8.13. The highest BCUT2D eigenvalue weighted by atomic mass is 19.3. The minimum atomic E-state index is -2.81. The summed E-state index contributed by atoms with van der Waals surface area (Å²) >= 11 is 0. The Labute approximate surface area is 139 Å². The van der Waals surface area contributed by atoms with Gasteiger partial charge in [-0.1, -0.05) is 6.07 Å². The summed E-state index contributed by atoms with van der Waals surface area (Å²) < 4.78 is 31.7. The van der Waals surface area contributed by atoms with Crippen LogP contribution in [0.15, 0.2) is 18.3 Å². The fourth-order valence-electron chi connectivity index (χ4n) is 2.95. The molecule has 132 valence electrons. The van der Waals surface area contributed by atoms with Crippen LogP contribution in [0.1, 0.15) is 18.9 Å². The first-order chi connectivity index (χ1) is 11.4. The number of nitrogens with zero attached hydrogens (tertiary/aromatic N) is 2. The lowest BCUT2D eigenvalue weighted by Crippen LogP contribution is -2.41. The van der Waals surface area contributed by atoms with Crippen LogP contribution in [0.3, 0.4) is 0 Å². The maximum absolute atomic E-state index is 13.1. The van der Waals surface area contributed by atoms with Crippen molar-refractivity contribution in [2.24, 2.45) is 0 Å². The van der Waals surface area contributed by atoms with Crippen molar-refractivity contribution in [1.29, 1.82) is 0 Å². The predicted octanol–water partition coefficient (Wildman–Crippen LogP) is 0.920. The van der Waals surface area contributed by atoms with Crippen LogP contribution in [0.4, 0.5) is 14.6 Å². The molecule has 2 atom stereocenters. The molecule has 2 N–H and O–H groups in total. The minimum Gasteiger partial charge on any atom is -0.375 e. The number of pyridine rings is 1. The molecular weight excluding hydrogens is 318 g/mol. The summed E-state index contributed by atoms with van der Waals surface area (Å²) in [7, 11) is 0. The number of nitrogens with one attached hydrogen (secondary N) is 2. The average Bonchev–Trinajstić information content (AvgIpc) is 2.93. The van der Waals surface area contributed by atoms with Crippen LogP contribution in [-0.2, 0) is 16.1 Å². The van der Waals surface area contributed by atoms with Gasteiger partial charge in [-0.2, -0.15) is 0 Å². The van der Waals surface area contributed by atoms with Gasteiger partial charge >= 0.3 is 0 Å². The topological polar surface area (TPSA) is 66.5 Å². The Morgan fingerprint density at radius 2 is 2.38 bits per heavy atom. The first-order valence-corrected chi connectivity index (χ1v) is 8.13. The number of anilines is 1. The van der Waals surface area contributed by atoms with Crippen molar-refractivity contribution in [2.75, 3.05) is 31.1 Å². The van der Waals surface area contributed by atoms with E-state index in [0.29, 0.717) is 6.61 Å². The molecule has 2 fully saturated rings. The van der Waals surface area contributed by atoms with E-state index in [1.165, 1.54) is 0 Å². The standard InChI is InChI=1S/C16H22F2N4O2/c1-11-9-22(4-5-24-11)14-3-2-12(7-19-14)8-20-15(23)13-6-16(17,18)10-21-13/h2-3,7,11,13,21H,4-6,8-10H2,1H3,(H,20,23). The number of carbonyl (C=O) groups excluding carboxylic acids is 1. The Bertz CT molecular complexity index is 582. The molecule has 3 heterocycles. The van der Waals surface area contributed by atoms with Crippen LogP contribution in [0.5, 0.6) is 0 Å². The molecule has 2 aliphatic rings. The Kier molecular flexibility index (Phi) is 4.96. The van der Waals surface area contributed by atoms with Crippen LogP contribution in [0.25, 0.3) is 0 Å². The molecule has 1 aromatic rings. The molecule has 0 aromatic carbocycles. The van der Waals surface area contributed by atoms with Crippen LogP contribution in [-0.4, -0.2) is 55.2 Å². The molecule has 2 aliphatic heterocycles. The van der Waals surface area contributed by atoms with Gasteiger partial charge in [0.05, 0.1) is 25.3 Å². The van der Waals surface area contributed by atoms with Gasteiger partial charge in [0.25, 0.3) is 5.92 Å². The van der Waals surface area contributed by atoms with Crippen LogP contribution in [0, 0.1) is 0 Å². The number of rotatable bonds is 4. The maximum atomic E-state index is 13.1. The lowest BCUT2D eigenvalue weighted by Gasteiger charge is -2.32. The normalized spacial score (nSPS) is 26.4. The van der Waals surface area contributed by atoms with Gasteiger partial charge in [0.1, 0.15) is 5.82 Å². The summed E-state index contributed by atoms with van der Waals surface area (Å²) in [4.78, 5) is 18.5. The third-order valence-corrected chi connectivity index (χ3v) is 4.27. The smallest absolute Gasteiger partial charge is 0.262 e. The Hall–Kier alpha value is -1.80. The quantitative estimate of drug-likeness (QED) is 0.853. The van der Waals surface area contributed by atoms with Crippen molar-refractivity contribution >= 4 is 11.7 Å². The number of morpholine rings is 1. The molecule has 0 saturated carbocycles. The molecule has 0 radical (unpaired) electrons. The molecule has 0 aliphatic carbocycles. The second-order valence-corrected chi connectivity index (χ2v) is 6.36. The molecule has 1 aromatic heterocycles. The van der Waals surface area contributed by atoms with Crippen molar-refractivity contribution in [2.45, 2.75) is 38.0 Å². The van der Waals surface area contributed by atoms with E-state index >= 15 is 0 Å². The highest BCUT2D eigenvalue weighted by molar-refractivity contribution is 5.82. The van der Waals surface area contributed by atoms with E-state index in [1.807, 2.05) is 19.1 Å². The van der Waals surface area contributed by atoms with Crippen LogP contribution < -0.4 is 15.5 Å². The van der Waals surface area contributed by atoms with Gasteiger partial charge in [0.2, 0.25) is 5.91 Å². The SMILES string of the molecule is CC1CN(c2ccc(CNC(=O)C3CC(F)(F)CN3)cn2)CCO1. The van der Waals surface area contributed by atoms with E-state index < -0.39 is 30.8 Å². The second-order valence-electron chi connectivity index (χ2n) is 6.36. The lowest BCUT2D eigenvalue weighted by molar-refractivity contribution is -0.123. The predicted molar refractivity (Wildman–Crippen MR) is 85.1 cm³/mol. The first kappa shape index (κ1) is 17.0. The van der Waals surface area contributed by atoms with Gasteiger partial charge in [0, 0.05) is 32.3 Å². The van der Waals surface area contributed by atoms with Crippen molar-refractivity contribution < 1.29 is 18.3 Å². The number of carbonyl (C=O) groups is 1. The van der Waals surface area contributed by atoms with E-state index in [2.05, 4.69) is 20.5 Å². The third kappa shape index (κ3) is 4.18. The summed E-state index contributed by atoms with van der Waals surface area (Å²) in [6.07, 6.45) is 1.43. The molecule has 2 saturated heterocycles. The Morgan fingerprint density at radius 1 is 1.54 bits per heavy atom. The summed E-state index contributed by atoms with van der Waals surface area (Å²) in [5, 5.41) is 5.22. The summed E-state index contributed by atoms with van der Waals surface area (Å²) in [5.41, 5.74) is 0.832. The fourth-order valence-corrected chi connectivity index (χ4v) is 2.95. The average molecular weight is 340 g/mol. The van der Waals surface area contributed by atoms with Gasteiger partial charge in [-0.15, -0.1) is 0 Å². The zero-order valence-electron chi connectivity index (χ0n) is 13.6. The second kappa shape index (κ2) is 6.98. The van der Waals surface area contributed by atoms with Crippen LogP contribution in [0.2, 0.25) is 0 Å². The molecule has 6 nitrogen and oxygen atoms in total. The van der Waals surface area contributed by atoms with E-state index in [-0.39, 0.29) is 12.6 Å². The zero-order chi connectivity index (χ0) is 17.2. The van der Waals surface area contributed by atoms with Gasteiger partial charge in [0.15, 0.2) is 0 Å². The molecule has 1 amide bonds. The number of ether oxygens (including phenoxy) is 1.